The Kier molecular flexibility index (Phi) is 4.83. The van der Waals surface area contributed by atoms with Gasteiger partial charge in [0.2, 0.25) is 5.91 Å². The fourth-order valence-corrected chi connectivity index (χ4v) is 1.32. The lowest BCUT2D eigenvalue weighted by molar-refractivity contribution is -0.119. The van der Waals surface area contributed by atoms with Crippen LogP contribution in [0.2, 0.25) is 0 Å². The summed E-state index contributed by atoms with van der Waals surface area (Å²) >= 11 is 3.11. The summed E-state index contributed by atoms with van der Waals surface area (Å²) in [7, 11) is 0. The van der Waals surface area contributed by atoms with Crippen LogP contribution in [0.25, 0.3) is 0 Å². The number of nitrogens with one attached hydrogen (secondary N) is 2. The van der Waals surface area contributed by atoms with Crippen LogP contribution in [-0.2, 0) is 4.79 Å². The van der Waals surface area contributed by atoms with Crippen LogP contribution in [0, 0.1) is 0 Å². The summed E-state index contributed by atoms with van der Waals surface area (Å²) in [5.41, 5.74) is 0.654. The number of hydrogen-bond donors (Lipinski definition) is 2. The monoisotopic (exact) mass is 270 g/mol. The molecular weight excluding hydrogens is 260 g/mol. The van der Waals surface area contributed by atoms with Crippen molar-refractivity contribution >= 4 is 33.6 Å². The molecule has 0 saturated carbocycles. The molecule has 5 heteroatoms. The predicted octanol–water partition coefficient (Wildman–Crippen LogP) is 2.12. The van der Waals surface area contributed by atoms with Crippen molar-refractivity contribution in [1.29, 1.82) is 0 Å². The predicted molar refractivity (Wildman–Crippen MR) is 62.0 cm³/mol. The highest BCUT2D eigenvalue weighted by atomic mass is 79.9. The first kappa shape index (κ1) is 11.7. The second-order valence-corrected chi connectivity index (χ2v) is 3.60. The number of anilines is 1. The minimum Gasteiger partial charge on any atom is -0.308 e. The molecule has 0 aliphatic rings. The maximum atomic E-state index is 11.2. The molecule has 1 aromatic rings. The summed E-state index contributed by atoms with van der Waals surface area (Å²) < 4.78 is 0. The van der Waals surface area contributed by atoms with Gasteiger partial charge >= 0.3 is 6.03 Å². The first-order valence-electron chi connectivity index (χ1n) is 4.44. The zero-order valence-electron chi connectivity index (χ0n) is 8.00. The minimum atomic E-state index is -0.507. The van der Waals surface area contributed by atoms with Crippen LogP contribution in [0.15, 0.2) is 30.3 Å². The second-order valence-electron chi connectivity index (χ2n) is 2.81. The fraction of sp³-hybridized carbons (Fsp3) is 0.200. The lowest BCUT2D eigenvalue weighted by atomic mass is 10.3. The third-order valence-electron chi connectivity index (χ3n) is 1.61. The van der Waals surface area contributed by atoms with E-state index in [1.165, 1.54) is 0 Å². The Morgan fingerprint density at radius 1 is 1.20 bits per heavy atom. The second kappa shape index (κ2) is 6.19. The molecule has 0 spiro atoms. The molecule has 0 aliphatic heterocycles. The maximum absolute atomic E-state index is 11.2. The fourth-order valence-electron chi connectivity index (χ4n) is 0.959. The molecule has 15 heavy (non-hydrogen) atoms. The van der Waals surface area contributed by atoms with E-state index in [4.69, 9.17) is 0 Å². The van der Waals surface area contributed by atoms with Crippen LogP contribution < -0.4 is 10.6 Å². The molecule has 3 amide bonds. The van der Waals surface area contributed by atoms with Crippen molar-refractivity contribution in [3.63, 3.8) is 0 Å². The van der Waals surface area contributed by atoms with Gasteiger partial charge in [0.15, 0.2) is 0 Å². The van der Waals surface area contributed by atoms with Crippen LogP contribution in [0.5, 0.6) is 0 Å². The van der Waals surface area contributed by atoms with Crippen LogP contribution in [0.3, 0.4) is 0 Å². The molecule has 0 unspecified atom stereocenters. The average Bonchev–Trinajstić information content (AvgIpc) is 2.19. The van der Waals surface area contributed by atoms with Gasteiger partial charge in [-0.05, 0) is 12.1 Å². The highest BCUT2D eigenvalue weighted by Gasteiger charge is 2.06. The van der Waals surface area contributed by atoms with Gasteiger partial charge in [-0.25, -0.2) is 4.79 Å². The molecule has 1 aromatic carbocycles. The molecule has 0 saturated heterocycles. The molecule has 0 heterocycles. The van der Waals surface area contributed by atoms with Crippen LogP contribution >= 0.6 is 15.9 Å². The van der Waals surface area contributed by atoms with E-state index in [1.807, 2.05) is 6.07 Å². The number of imide groups is 1. The number of rotatable bonds is 3. The molecule has 0 aromatic heterocycles. The highest BCUT2D eigenvalue weighted by molar-refractivity contribution is 9.09. The van der Waals surface area contributed by atoms with Crippen LogP contribution in [0.4, 0.5) is 10.5 Å². The van der Waals surface area contributed by atoms with Gasteiger partial charge < -0.3 is 5.32 Å². The molecule has 0 bridgehead atoms. The van der Waals surface area contributed by atoms with E-state index < -0.39 is 6.03 Å². The van der Waals surface area contributed by atoms with Crippen LogP contribution in [-0.4, -0.2) is 17.3 Å². The number of carbonyl (C=O) groups excluding carboxylic acids is 2. The quantitative estimate of drug-likeness (QED) is 0.827. The van der Waals surface area contributed by atoms with Crippen LogP contribution in [0.1, 0.15) is 6.42 Å². The van der Waals surface area contributed by atoms with E-state index in [1.54, 1.807) is 24.3 Å². The summed E-state index contributed by atoms with van der Waals surface area (Å²) in [5.74, 6) is -0.305. The Morgan fingerprint density at radius 3 is 2.47 bits per heavy atom. The van der Waals surface area contributed by atoms with E-state index in [0.29, 0.717) is 11.0 Å². The average molecular weight is 271 g/mol. The topological polar surface area (TPSA) is 58.2 Å². The van der Waals surface area contributed by atoms with Gasteiger partial charge in [-0.1, -0.05) is 34.1 Å². The molecule has 0 radical (unpaired) electrons. The van der Waals surface area contributed by atoms with Gasteiger partial charge in [-0.3, -0.25) is 10.1 Å². The van der Waals surface area contributed by atoms with Gasteiger partial charge in [0.05, 0.1) is 0 Å². The standard InChI is InChI=1S/C10H11BrN2O2/c11-7-6-9(14)13-10(15)12-8-4-2-1-3-5-8/h1-5H,6-7H2,(H2,12,13,14,15). The summed E-state index contributed by atoms with van der Waals surface area (Å²) in [5, 5.41) is 5.29. The molecular formula is C10H11BrN2O2. The highest BCUT2D eigenvalue weighted by Crippen LogP contribution is 2.04. The van der Waals surface area contributed by atoms with Crippen molar-refractivity contribution in [2.75, 3.05) is 10.6 Å². The van der Waals surface area contributed by atoms with Gasteiger partial charge in [-0.2, -0.15) is 0 Å². The first-order valence-corrected chi connectivity index (χ1v) is 5.56. The lowest BCUT2D eigenvalue weighted by Crippen LogP contribution is -2.34. The molecule has 2 N–H and O–H groups in total. The molecule has 0 aliphatic carbocycles. The van der Waals surface area contributed by atoms with Gasteiger partial charge in [0.1, 0.15) is 0 Å². The number of amides is 3. The molecule has 0 fully saturated rings. The number of alkyl halides is 1. The number of halogens is 1. The lowest BCUT2D eigenvalue weighted by Gasteiger charge is -2.05. The minimum absolute atomic E-state index is 0.280. The Labute approximate surface area is 96.2 Å². The smallest absolute Gasteiger partial charge is 0.308 e. The summed E-state index contributed by atoms with van der Waals surface area (Å²) in [4.78, 5) is 22.3. The first-order chi connectivity index (χ1) is 7.22. The summed E-state index contributed by atoms with van der Waals surface area (Å²) in [6.07, 6.45) is 0.280. The molecule has 1 rings (SSSR count). The third kappa shape index (κ3) is 4.60. The number of benzene rings is 1. The van der Waals surface area contributed by atoms with Crippen molar-refractivity contribution in [3.05, 3.63) is 30.3 Å². The van der Waals surface area contributed by atoms with E-state index in [-0.39, 0.29) is 12.3 Å². The van der Waals surface area contributed by atoms with Crippen molar-refractivity contribution in [3.8, 4) is 0 Å². The molecule has 0 atom stereocenters. The largest absolute Gasteiger partial charge is 0.325 e. The van der Waals surface area contributed by atoms with Crippen molar-refractivity contribution in [1.82, 2.24) is 5.32 Å². The van der Waals surface area contributed by atoms with Crippen molar-refractivity contribution in [2.45, 2.75) is 6.42 Å². The van der Waals surface area contributed by atoms with E-state index in [0.717, 1.165) is 0 Å². The Morgan fingerprint density at radius 2 is 1.87 bits per heavy atom. The number of urea groups is 1. The summed E-state index contributed by atoms with van der Waals surface area (Å²) in [6.45, 7) is 0. The zero-order chi connectivity index (χ0) is 11.1. The number of hydrogen-bond acceptors (Lipinski definition) is 2. The normalized spacial score (nSPS) is 9.40. The molecule has 4 nitrogen and oxygen atoms in total. The number of carbonyl (C=O) groups is 2. The Hall–Kier alpha value is -1.36. The summed E-state index contributed by atoms with van der Waals surface area (Å²) in [6, 6.07) is 8.43. The van der Waals surface area contributed by atoms with Crippen molar-refractivity contribution in [2.24, 2.45) is 0 Å². The van der Waals surface area contributed by atoms with Gasteiger partial charge in [0, 0.05) is 17.4 Å². The third-order valence-corrected chi connectivity index (χ3v) is 2.00. The molecule has 80 valence electrons. The Balaban J connectivity index is 2.40. The van der Waals surface area contributed by atoms with Gasteiger partial charge in [0.25, 0.3) is 0 Å². The van der Waals surface area contributed by atoms with E-state index in [9.17, 15) is 9.59 Å². The Bertz CT molecular complexity index is 341. The van der Waals surface area contributed by atoms with E-state index >= 15 is 0 Å². The van der Waals surface area contributed by atoms with Crippen molar-refractivity contribution < 1.29 is 9.59 Å². The SMILES string of the molecule is O=C(CCBr)NC(=O)Nc1ccccc1. The maximum Gasteiger partial charge on any atom is 0.325 e. The van der Waals surface area contributed by atoms with Gasteiger partial charge in [-0.15, -0.1) is 0 Å². The number of para-hydroxylation sites is 1. The van der Waals surface area contributed by atoms with E-state index in [2.05, 4.69) is 26.6 Å². The zero-order valence-corrected chi connectivity index (χ0v) is 9.58.